The molecule has 1 aromatic rings. The summed E-state index contributed by atoms with van der Waals surface area (Å²) in [7, 11) is 0. The summed E-state index contributed by atoms with van der Waals surface area (Å²) in [6, 6.07) is 8.27. The quantitative estimate of drug-likeness (QED) is 0.326. The number of hydrogen-bond acceptors (Lipinski definition) is 4. The molecule has 1 rings (SSSR count). The largest absolute Gasteiger partial charge is 0.506 e. The van der Waals surface area contributed by atoms with Crippen molar-refractivity contribution in [3.05, 3.63) is 36.0 Å². The molecule has 0 atom stereocenters. The molecule has 18 heavy (non-hydrogen) atoms. The fourth-order valence-corrected chi connectivity index (χ4v) is 1.24. The van der Waals surface area contributed by atoms with E-state index in [-0.39, 0.29) is 23.7 Å². The van der Waals surface area contributed by atoms with E-state index in [1.54, 1.807) is 24.3 Å². The highest BCUT2D eigenvalue weighted by Crippen LogP contribution is 2.21. The number of nitriles is 1. The molecule has 0 aromatic heterocycles. The molecule has 0 aliphatic rings. The number of alkyl halides is 1. The molecule has 0 fully saturated rings. The van der Waals surface area contributed by atoms with E-state index in [0.29, 0.717) is 5.69 Å². The zero-order valence-corrected chi connectivity index (χ0v) is 10.2. The second-order valence-electron chi connectivity index (χ2n) is 3.28. The Balaban J connectivity index is 2.72. The van der Waals surface area contributed by atoms with Crippen LogP contribution in [0.1, 0.15) is 0 Å². The number of rotatable bonds is 5. The van der Waals surface area contributed by atoms with Crippen molar-refractivity contribution >= 4 is 23.2 Å². The first-order chi connectivity index (χ1) is 8.69. The van der Waals surface area contributed by atoms with Crippen molar-refractivity contribution in [2.75, 3.05) is 17.7 Å². The molecule has 0 heterocycles. The van der Waals surface area contributed by atoms with Gasteiger partial charge in [-0.2, -0.15) is 5.26 Å². The third-order valence-electron chi connectivity index (χ3n) is 2.02. The summed E-state index contributed by atoms with van der Waals surface area (Å²) in [5, 5.41) is 23.5. The molecule has 0 bridgehead atoms. The van der Waals surface area contributed by atoms with Gasteiger partial charge in [0.1, 0.15) is 17.4 Å². The highest BCUT2D eigenvalue weighted by Gasteiger charge is 2.07. The normalized spacial score (nSPS) is 10.6. The number of benzene rings is 1. The first-order valence-electron chi connectivity index (χ1n) is 5.18. The van der Waals surface area contributed by atoms with Crippen LogP contribution in [0.3, 0.4) is 0 Å². The summed E-state index contributed by atoms with van der Waals surface area (Å²) in [5.74, 6) is -0.203. The van der Waals surface area contributed by atoms with E-state index in [2.05, 4.69) is 10.6 Å². The number of nitrogens with one attached hydrogen (secondary N) is 2. The highest BCUT2D eigenvalue weighted by atomic mass is 35.5. The zero-order chi connectivity index (χ0) is 13.4. The van der Waals surface area contributed by atoms with Crippen LogP contribution in [0.5, 0.6) is 5.75 Å². The minimum atomic E-state index is -0.513. The van der Waals surface area contributed by atoms with Crippen molar-refractivity contribution in [2.24, 2.45) is 0 Å². The van der Waals surface area contributed by atoms with Gasteiger partial charge >= 0.3 is 0 Å². The van der Waals surface area contributed by atoms with Gasteiger partial charge in [-0.3, -0.25) is 4.79 Å². The lowest BCUT2D eigenvalue weighted by molar-refractivity contribution is -0.117. The third-order valence-corrected chi connectivity index (χ3v) is 2.21. The minimum Gasteiger partial charge on any atom is -0.506 e. The van der Waals surface area contributed by atoms with E-state index in [4.69, 9.17) is 16.9 Å². The van der Waals surface area contributed by atoms with Crippen LogP contribution < -0.4 is 10.6 Å². The van der Waals surface area contributed by atoms with E-state index in [1.165, 1.54) is 12.3 Å². The topological polar surface area (TPSA) is 85.2 Å². The van der Waals surface area contributed by atoms with Gasteiger partial charge in [-0.1, -0.05) is 12.1 Å². The number of halogens is 1. The number of hydrogen-bond donors (Lipinski definition) is 3. The lowest BCUT2D eigenvalue weighted by Gasteiger charge is -2.05. The number of phenols is 1. The Hall–Kier alpha value is -2.19. The second-order valence-corrected chi connectivity index (χ2v) is 3.65. The van der Waals surface area contributed by atoms with Gasteiger partial charge in [-0.25, -0.2) is 0 Å². The molecule has 0 unspecified atom stereocenters. The predicted octanol–water partition coefficient (Wildman–Crippen LogP) is 1.57. The van der Waals surface area contributed by atoms with Crippen LogP contribution in [0.15, 0.2) is 36.0 Å². The Morgan fingerprint density at radius 2 is 2.22 bits per heavy atom. The van der Waals surface area contributed by atoms with Crippen LogP contribution in [0.4, 0.5) is 5.69 Å². The lowest BCUT2D eigenvalue weighted by atomic mass is 10.2. The molecule has 0 aliphatic heterocycles. The summed E-state index contributed by atoms with van der Waals surface area (Å²) < 4.78 is 0. The number of aromatic hydroxyl groups is 1. The third kappa shape index (κ3) is 4.00. The molecule has 0 aliphatic carbocycles. The summed E-state index contributed by atoms with van der Waals surface area (Å²) in [6.07, 6.45) is 1.23. The van der Waals surface area contributed by atoms with Crippen molar-refractivity contribution in [3.8, 4) is 11.8 Å². The minimum absolute atomic E-state index is 0.0345. The lowest BCUT2D eigenvalue weighted by Crippen LogP contribution is -2.26. The maximum atomic E-state index is 11.5. The van der Waals surface area contributed by atoms with Crippen molar-refractivity contribution in [2.45, 2.75) is 0 Å². The van der Waals surface area contributed by atoms with Crippen LogP contribution in [0.2, 0.25) is 0 Å². The Morgan fingerprint density at radius 1 is 1.50 bits per heavy atom. The molecule has 0 saturated heterocycles. The van der Waals surface area contributed by atoms with Gasteiger partial charge in [0.15, 0.2) is 0 Å². The van der Waals surface area contributed by atoms with Crippen LogP contribution in [-0.4, -0.2) is 23.4 Å². The average molecular weight is 266 g/mol. The first kappa shape index (κ1) is 13.9. The van der Waals surface area contributed by atoms with Gasteiger partial charge in [-0.05, 0) is 12.1 Å². The molecular weight excluding hydrogens is 254 g/mol. The molecule has 1 aromatic carbocycles. The zero-order valence-electron chi connectivity index (χ0n) is 9.48. The van der Waals surface area contributed by atoms with Crippen LogP contribution in [0.25, 0.3) is 0 Å². The predicted molar refractivity (Wildman–Crippen MR) is 69.2 cm³/mol. The van der Waals surface area contributed by atoms with E-state index in [9.17, 15) is 9.90 Å². The number of phenolic OH excluding ortho intramolecular Hbond substituents is 1. The number of nitrogens with zero attached hydrogens (tertiary/aromatic N) is 1. The number of anilines is 1. The number of para-hydroxylation sites is 2. The molecule has 0 radical (unpaired) electrons. The number of carbonyl (C=O) groups excluding carboxylic acids is 1. The smallest absolute Gasteiger partial charge is 0.263 e. The molecule has 94 valence electrons. The van der Waals surface area contributed by atoms with Crippen molar-refractivity contribution in [1.29, 1.82) is 5.26 Å². The van der Waals surface area contributed by atoms with Crippen LogP contribution in [0, 0.1) is 11.3 Å². The van der Waals surface area contributed by atoms with Gasteiger partial charge in [0, 0.05) is 18.6 Å². The summed E-state index contributed by atoms with van der Waals surface area (Å²) in [5.41, 5.74) is 0.318. The van der Waals surface area contributed by atoms with Gasteiger partial charge in [0.2, 0.25) is 0 Å². The van der Waals surface area contributed by atoms with Crippen molar-refractivity contribution in [3.63, 3.8) is 0 Å². The second kappa shape index (κ2) is 7.20. The van der Waals surface area contributed by atoms with Crippen molar-refractivity contribution in [1.82, 2.24) is 5.32 Å². The highest BCUT2D eigenvalue weighted by molar-refractivity contribution is 6.18. The SMILES string of the molecule is N#C/C(=C/Nc1ccccc1O)C(=O)NCCCl. The molecular formula is C12H12ClN3O2. The van der Waals surface area contributed by atoms with E-state index < -0.39 is 5.91 Å². The van der Waals surface area contributed by atoms with Crippen LogP contribution in [-0.2, 0) is 4.79 Å². The van der Waals surface area contributed by atoms with E-state index in [0.717, 1.165) is 0 Å². The van der Waals surface area contributed by atoms with E-state index >= 15 is 0 Å². The van der Waals surface area contributed by atoms with Gasteiger partial charge < -0.3 is 15.7 Å². The molecule has 3 N–H and O–H groups in total. The Bertz CT molecular complexity index is 494. The fraction of sp³-hybridized carbons (Fsp3) is 0.167. The summed E-state index contributed by atoms with van der Waals surface area (Å²) in [6.45, 7) is 0.288. The van der Waals surface area contributed by atoms with E-state index in [1.807, 2.05) is 0 Å². The first-order valence-corrected chi connectivity index (χ1v) is 5.71. The molecule has 5 nitrogen and oxygen atoms in total. The molecule has 1 amide bonds. The Kier molecular flexibility index (Phi) is 5.55. The monoisotopic (exact) mass is 265 g/mol. The maximum Gasteiger partial charge on any atom is 0.263 e. The van der Waals surface area contributed by atoms with Crippen LogP contribution >= 0.6 is 11.6 Å². The fourth-order valence-electron chi connectivity index (χ4n) is 1.15. The molecule has 0 saturated carbocycles. The molecule has 0 spiro atoms. The van der Waals surface area contributed by atoms with Gasteiger partial charge in [0.05, 0.1) is 5.69 Å². The number of amides is 1. The standard InChI is InChI=1S/C12H12ClN3O2/c13-5-6-15-12(18)9(7-14)8-16-10-3-1-2-4-11(10)17/h1-4,8,16-17H,5-6H2,(H,15,18)/b9-8-. The van der Waals surface area contributed by atoms with Gasteiger partial charge in [0.25, 0.3) is 5.91 Å². The molecule has 6 heteroatoms. The maximum absolute atomic E-state index is 11.5. The van der Waals surface area contributed by atoms with Crippen molar-refractivity contribution < 1.29 is 9.90 Å². The summed E-state index contributed by atoms with van der Waals surface area (Å²) >= 11 is 5.42. The average Bonchev–Trinajstić information content (AvgIpc) is 2.39. The Morgan fingerprint density at radius 3 is 2.83 bits per heavy atom. The van der Waals surface area contributed by atoms with Gasteiger partial charge in [-0.15, -0.1) is 11.6 Å². The summed E-state index contributed by atoms with van der Waals surface area (Å²) in [4.78, 5) is 11.5. The Labute approximate surface area is 110 Å². The number of carbonyl (C=O) groups is 1.